The molecule has 8 heteroatoms. The Balaban J connectivity index is 1.85. The third-order valence-electron chi connectivity index (χ3n) is 4.52. The minimum absolute atomic E-state index is 0.143. The number of carbonyl (C=O) groups excluding carboxylic acids is 1. The van der Waals surface area contributed by atoms with Crippen molar-refractivity contribution in [2.75, 3.05) is 24.3 Å². The molecule has 2 N–H and O–H groups in total. The molecule has 156 valence electrons. The van der Waals surface area contributed by atoms with Gasteiger partial charge in [-0.25, -0.2) is 8.42 Å². The van der Waals surface area contributed by atoms with Crippen molar-refractivity contribution in [2.45, 2.75) is 11.8 Å². The molecule has 0 aliphatic heterocycles. The van der Waals surface area contributed by atoms with Crippen LogP contribution in [0.15, 0.2) is 71.6 Å². The molecule has 0 unspecified atom stereocenters. The van der Waals surface area contributed by atoms with E-state index in [4.69, 9.17) is 9.47 Å². The lowest BCUT2D eigenvalue weighted by Crippen LogP contribution is -2.17. The number of hydrogen-bond donors (Lipinski definition) is 2. The summed E-state index contributed by atoms with van der Waals surface area (Å²) in [7, 11) is -0.727. The summed E-state index contributed by atoms with van der Waals surface area (Å²) in [4.78, 5) is 13.0. The van der Waals surface area contributed by atoms with Gasteiger partial charge in [-0.3, -0.25) is 9.52 Å². The highest BCUT2D eigenvalue weighted by Crippen LogP contribution is 2.30. The first-order valence-electron chi connectivity index (χ1n) is 9.06. The molecule has 0 radical (unpaired) electrons. The Morgan fingerprint density at radius 2 is 1.57 bits per heavy atom. The maximum Gasteiger partial charge on any atom is 0.261 e. The van der Waals surface area contributed by atoms with E-state index >= 15 is 0 Å². The summed E-state index contributed by atoms with van der Waals surface area (Å²) in [6, 6.07) is 17.9. The summed E-state index contributed by atoms with van der Waals surface area (Å²) < 4.78 is 38.2. The lowest BCUT2D eigenvalue weighted by Gasteiger charge is -2.14. The van der Waals surface area contributed by atoms with Crippen molar-refractivity contribution >= 4 is 27.3 Å². The van der Waals surface area contributed by atoms with Gasteiger partial charge in [0.15, 0.2) is 11.5 Å². The van der Waals surface area contributed by atoms with Crippen LogP contribution in [-0.2, 0) is 10.0 Å². The van der Waals surface area contributed by atoms with E-state index in [0.29, 0.717) is 34.0 Å². The molecule has 1 amide bonds. The Kier molecular flexibility index (Phi) is 6.27. The quantitative estimate of drug-likeness (QED) is 0.594. The molecule has 0 aromatic heterocycles. The van der Waals surface area contributed by atoms with Gasteiger partial charge in [0.05, 0.1) is 24.8 Å². The molecule has 30 heavy (non-hydrogen) atoms. The van der Waals surface area contributed by atoms with Crippen molar-refractivity contribution in [3.63, 3.8) is 0 Å². The molecule has 0 bridgehead atoms. The summed E-state index contributed by atoms with van der Waals surface area (Å²) in [5.41, 5.74) is 1.71. The summed E-state index contributed by atoms with van der Waals surface area (Å²) in [5, 5.41) is 2.80. The van der Waals surface area contributed by atoms with Crippen LogP contribution in [-0.4, -0.2) is 28.5 Å². The molecular weight excluding hydrogens is 404 g/mol. The Bertz CT molecular complexity index is 1160. The molecule has 0 aliphatic carbocycles. The van der Waals surface area contributed by atoms with E-state index in [1.54, 1.807) is 61.5 Å². The lowest BCUT2D eigenvalue weighted by atomic mass is 10.1. The topological polar surface area (TPSA) is 93.7 Å². The van der Waals surface area contributed by atoms with Crippen molar-refractivity contribution in [2.24, 2.45) is 0 Å². The van der Waals surface area contributed by atoms with Crippen LogP contribution in [0, 0.1) is 6.92 Å². The minimum atomic E-state index is -3.77. The van der Waals surface area contributed by atoms with Gasteiger partial charge in [0.2, 0.25) is 0 Å². The third-order valence-corrected chi connectivity index (χ3v) is 5.90. The molecule has 0 aliphatic rings. The fourth-order valence-electron chi connectivity index (χ4n) is 2.91. The fraction of sp³-hybridized carbons (Fsp3) is 0.136. The number of nitrogens with one attached hydrogen (secondary N) is 2. The molecule has 0 saturated heterocycles. The number of anilines is 2. The molecule has 0 heterocycles. The van der Waals surface area contributed by atoms with Crippen molar-refractivity contribution in [1.29, 1.82) is 0 Å². The number of hydrogen-bond acceptors (Lipinski definition) is 5. The van der Waals surface area contributed by atoms with Crippen LogP contribution >= 0.6 is 0 Å². The van der Waals surface area contributed by atoms with E-state index in [9.17, 15) is 13.2 Å². The van der Waals surface area contributed by atoms with E-state index < -0.39 is 10.0 Å². The van der Waals surface area contributed by atoms with Crippen LogP contribution in [0.3, 0.4) is 0 Å². The lowest BCUT2D eigenvalue weighted by molar-refractivity contribution is 0.102. The molecule has 0 atom stereocenters. The second-order valence-corrected chi connectivity index (χ2v) is 8.10. The van der Waals surface area contributed by atoms with Gasteiger partial charge < -0.3 is 14.8 Å². The molecule has 7 nitrogen and oxygen atoms in total. The fourth-order valence-corrected chi connectivity index (χ4v) is 4.05. The Hall–Kier alpha value is -3.52. The average molecular weight is 426 g/mol. The highest BCUT2D eigenvalue weighted by atomic mass is 32.2. The van der Waals surface area contributed by atoms with Crippen molar-refractivity contribution < 1.29 is 22.7 Å². The highest BCUT2D eigenvalue weighted by molar-refractivity contribution is 7.92. The van der Waals surface area contributed by atoms with Crippen molar-refractivity contribution in [1.82, 2.24) is 0 Å². The van der Waals surface area contributed by atoms with Gasteiger partial charge in [-0.15, -0.1) is 0 Å². The normalized spacial score (nSPS) is 10.9. The summed E-state index contributed by atoms with van der Waals surface area (Å²) in [6.45, 7) is 1.69. The Morgan fingerprint density at radius 3 is 2.23 bits per heavy atom. The molecule has 3 aromatic rings. The zero-order valence-electron chi connectivity index (χ0n) is 16.8. The van der Waals surface area contributed by atoms with Crippen LogP contribution in [0.25, 0.3) is 0 Å². The van der Waals surface area contributed by atoms with Gasteiger partial charge in [-0.05, 0) is 48.9 Å². The number of methoxy groups -OCH3 is 2. The second-order valence-electron chi connectivity index (χ2n) is 6.42. The Labute approximate surface area is 175 Å². The van der Waals surface area contributed by atoms with Crippen LogP contribution in [0.1, 0.15) is 15.9 Å². The average Bonchev–Trinajstić information content (AvgIpc) is 2.75. The number of sulfonamides is 1. The maximum absolute atomic E-state index is 12.8. The van der Waals surface area contributed by atoms with E-state index in [2.05, 4.69) is 10.0 Å². The van der Waals surface area contributed by atoms with Gasteiger partial charge in [0.1, 0.15) is 0 Å². The highest BCUT2D eigenvalue weighted by Gasteiger charge is 2.18. The van der Waals surface area contributed by atoms with Gasteiger partial charge in [-0.2, -0.15) is 0 Å². The van der Waals surface area contributed by atoms with E-state index in [1.165, 1.54) is 26.4 Å². The molecule has 3 aromatic carbocycles. The number of carbonyl (C=O) groups is 1. The zero-order valence-corrected chi connectivity index (χ0v) is 17.6. The number of rotatable bonds is 7. The summed E-state index contributed by atoms with van der Waals surface area (Å²) >= 11 is 0. The molecule has 0 fully saturated rings. The molecule has 3 rings (SSSR count). The second kappa shape index (κ2) is 8.87. The van der Waals surface area contributed by atoms with E-state index in [1.807, 2.05) is 0 Å². The van der Waals surface area contributed by atoms with Gasteiger partial charge in [-0.1, -0.05) is 24.3 Å². The summed E-state index contributed by atoms with van der Waals surface area (Å²) in [5.74, 6) is 0.654. The summed E-state index contributed by atoms with van der Waals surface area (Å²) in [6.07, 6.45) is 0. The first-order chi connectivity index (χ1) is 14.4. The predicted molar refractivity (Wildman–Crippen MR) is 116 cm³/mol. The largest absolute Gasteiger partial charge is 0.493 e. The third kappa shape index (κ3) is 4.55. The van der Waals surface area contributed by atoms with Crippen molar-refractivity contribution in [3.8, 4) is 11.5 Å². The number of benzene rings is 3. The number of amides is 1. The maximum atomic E-state index is 12.8. The molecule has 0 spiro atoms. The number of ether oxygens (including phenoxy) is 2. The van der Waals surface area contributed by atoms with E-state index in [-0.39, 0.29) is 10.8 Å². The van der Waals surface area contributed by atoms with Crippen molar-refractivity contribution in [3.05, 3.63) is 77.9 Å². The van der Waals surface area contributed by atoms with Crippen LogP contribution in [0.2, 0.25) is 0 Å². The minimum Gasteiger partial charge on any atom is -0.493 e. The zero-order chi connectivity index (χ0) is 21.7. The first-order valence-corrected chi connectivity index (χ1v) is 10.5. The van der Waals surface area contributed by atoms with Crippen LogP contribution < -0.4 is 19.5 Å². The molecular formula is C22H22N2O5S. The van der Waals surface area contributed by atoms with Gasteiger partial charge in [0, 0.05) is 17.3 Å². The SMILES string of the molecule is COc1ccc(NC(=O)c2cccc(NS(=O)(=O)c3ccccc3)c2C)cc1OC. The van der Waals surface area contributed by atoms with Crippen LogP contribution in [0.4, 0.5) is 11.4 Å². The monoisotopic (exact) mass is 426 g/mol. The van der Waals surface area contributed by atoms with Crippen LogP contribution in [0.5, 0.6) is 11.5 Å². The standard InChI is InChI=1S/C22H22N2O5S/c1-15-18(22(25)23-16-12-13-20(28-2)21(14-16)29-3)10-7-11-19(15)24-30(26,27)17-8-5-4-6-9-17/h4-14,24H,1-3H3,(H,23,25). The first kappa shape index (κ1) is 21.2. The Morgan fingerprint density at radius 1 is 0.867 bits per heavy atom. The molecule has 0 saturated carbocycles. The van der Waals surface area contributed by atoms with Gasteiger partial charge >= 0.3 is 0 Å². The smallest absolute Gasteiger partial charge is 0.261 e. The van der Waals surface area contributed by atoms with Gasteiger partial charge in [0.25, 0.3) is 15.9 Å². The van der Waals surface area contributed by atoms with E-state index in [0.717, 1.165) is 0 Å². The predicted octanol–water partition coefficient (Wildman–Crippen LogP) is 4.07.